The quantitative estimate of drug-likeness (QED) is 0.775. The summed E-state index contributed by atoms with van der Waals surface area (Å²) < 4.78 is 0. The van der Waals surface area contributed by atoms with Gasteiger partial charge < -0.3 is 15.1 Å². The molecular weight excluding hydrogens is 304 g/mol. The van der Waals surface area contributed by atoms with E-state index < -0.39 is 0 Å². The number of likely N-dealkylation sites (N-methyl/N-ethyl adjacent to an activating group) is 1. The van der Waals surface area contributed by atoms with Crippen LogP contribution in [0.3, 0.4) is 0 Å². The first kappa shape index (κ1) is 17.5. The molecule has 6 heteroatoms. The number of carbonyl (C=O) groups is 2. The predicted octanol–water partition coefficient (Wildman–Crippen LogP) is 1.51. The Balaban J connectivity index is 1.34. The zero-order valence-corrected chi connectivity index (χ0v) is 15.2. The molecule has 2 unspecified atom stereocenters. The number of fused-ring (bicyclic) bond motifs is 2. The zero-order valence-electron chi connectivity index (χ0n) is 15.2. The molecule has 2 saturated heterocycles. The van der Waals surface area contributed by atoms with Crippen molar-refractivity contribution in [2.24, 2.45) is 5.92 Å². The number of likely N-dealkylation sites (tertiary alicyclic amines) is 1. The van der Waals surface area contributed by atoms with Crippen LogP contribution in [0.1, 0.15) is 44.9 Å². The molecule has 3 amide bonds. The molecule has 3 rings (SSSR count). The smallest absolute Gasteiger partial charge is 0.317 e. The van der Waals surface area contributed by atoms with Crippen LogP contribution >= 0.6 is 0 Å². The third-order valence-electron chi connectivity index (χ3n) is 6.21. The van der Waals surface area contributed by atoms with Gasteiger partial charge in [0.1, 0.15) is 0 Å². The van der Waals surface area contributed by atoms with E-state index in [9.17, 15) is 9.59 Å². The topological polar surface area (TPSA) is 55.9 Å². The van der Waals surface area contributed by atoms with Gasteiger partial charge in [-0.25, -0.2) is 4.79 Å². The van der Waals surface area contributed by atoms with Gasteiger partial charge in [-0.15, -0.1) is 0 Å². The van der Waals surface area contributed by atoms with Crippen LogP contribution in [0.5, 0.6) is 0 Å². The Labute approximate surface area is 145 Å². The van der Waals surface area contributed by atoms with Crippen LogP contribution in [0.4, 0.5) is 4.79 Å². The maximum absolute atomic E-state index is 12.4. The van der Waals surface area contributed by atoms with Crippen LogP contribution in [0, 0.1) is 5.92 Å². The maximum atomic E-state index is 12.4. The Bertz CT molecular complexity index is 466. The largest absolute Gasteiger partial charge is 0.345 e. The summed E-state index contributed by atoms with van der Waals surface area (Å²) in [6, 6.07) is 1.23. The van der Waals surface area contributed by atoms with Gasteiger partial charge in [0, 0.05) is 51.2 Å². The highest BCUT2D eigenvalue weighted by Gasteiger charge is 2.35. The van der Waals surface area contributed by atoms with Crippen LogP contribution < -0.4 is 5.32 Å². The second kappa shape index (κ2) is 7.72. The van der Waals surface area contributed by atoms with Gasteiger partial charge in [-0.2, -0.15) is 0 Å². The molecule has 2 atom stereocenters. The molecule has 3 fully saturated rings. The van der Waals surface area contributed by atoms with Crippen molar-refractivity contribution in [3.63, 3.8) is 0 Å². The lowest BCUT2D eigenvalue weighted by molar-refractivity contribution is -0.136. The lowest BCUT2D eigenvalue weighted by Gasteiger charge is -2.29. The first-order valence-corrected chi connectivity index (χ1v) is 9.56. The summed E-state index contributed by atoms with van der Waals surface area (Å²) in [5, 5.41) is 3.04. The SMILES string of the molecule is CN(CCCNC(=O)N1CCC2CCC(C1)N2C)C(=O)C1CCC1. The number of nitrogens with one attached hydrogen (secondary N) is 1. The molecule has 1 N–H and O–H groups in total. The van der Waals surface area contributed by atoms with E-state index in [4.69, 9.17) is 0 Å². The van der Waals surface area contributed by atoms with Crippen LogP contribution in [0.2, 0.25) is 0 Å². The maximum Gasteiger partial charge on any atom is 0.317 e. The van der Waals surface area contributed by atoms with E-state index in [1.54, 1.807) is 0 Å². The molecule has 24 heavy (non-hydrogen) atoms. The molecule has 6 nitrogen and oxygen atoms in total. The lowest BCUT2D eigenvalue weighted by atomic mass is 9.84. The summed E-state index contributed by atoms with van der Waals surface area (Å²) >= 11 is 0. The fourth-order valence-corrected chi connectivity index (χ4v) is 4.19. The Morgan fingerprint density at radius 1 is 1.12 bits per heavy atom. The molecule has 1 saturated carbocycles. The van der Waals surface area contributed by atoms with Crippen molar-refractivity contribution in [3.05, 3.63) is 0 Å². The van der Waals surface area contributed by atoms with Gasteiger partial charge >= 0.3 is 6.03 Å². The molecule has 0 aromatic heterocycles. The minimum atomic E-state index is 0.0592. The van der Waals surface area contributed by atoms with E-state index in [1.165, 1.54) is 19.3 Å². The van der Waals surface area contributed by atoms with Gasteiger partial charge in [-0.3, -0.25) is 9.69 Å². The van der Waals surface area contributed by atoms with Gasteiger partial charge in [0.2, 0.25) is 5.91 Å². The molecule has 2 bridgehead atoms. The highest BCUT2D eigenvalue weighted by molar-refractivity contribution is 5.79. The fraction of sp³-hybridized carbons (Fsp3) is 0.889. The molecule has 3 aliphatic rings. The molecule has 0 aromatic rings. The van der Waals surface area contributed by atoms with Gasteiger partial charge in [0.25, 0.3) is 0 Å². The Hall–Kier alpha value is -1.30. The van der Waals surface area contributed by atoms with E-state index in [0.717, 1.165) is 45.3 Å². The molecule has 136 valence electrons. The molecule has 0 aromatic carbocycles. The summed E-state index contributed by atoms with van der Waals surface area (Å²) in [5.74, 6) is 0.535. The molecule has 0 radical (unpaired) electrons. The monoisotopic (exact) mass is 336 g/mol. The summed E-state index contributed by atoms with van der Waals surface area (Å²) in [5.41, 5.74) is 0. The summed E-state index contributed by atoms with van der Waals surface area (Å²) in [6.07, 6.45) is 7.67. The number of amides is 3. The van der Waals surface area contributed by atoms with Crippen LogP contribution in [0.15, 0.2) is 0 Å². The number of rotatable bonds is 5. The number of carbonyl (C=O) groups excluding carboxylic acids is 2. The zero-order chi connectivity index (χ0) is 17.1. The van der Waals surface area contributed by atoms with Crippen LogP contribution in [-0.2, 0) is 4.79 Å². The first-order valence-electron chi connectivity index (χ1n) is 9.56. The highest BCUT2D eigenvalue weighted by Crippen LogP contribution is 2.29. The normalized spacial score (nSPS) is 27.5. The molecule has 2 heterocycles. The van der Waals surface area contributed by atoms with E-state index in [1.807, 2.05) is 16.8 Å². The van der Waals surface area contributed by atoms with Crippen molar-refractivity contribution in [1.82, 2.24) is 20.0 Å². The van der Waals surface area contributed by atoms with Crippen LogP contribution in [0.25, 0.3) is 0 Å². The number of hydrogen-bond acceptors (Lipinski definition) is 3. The second-order valence-electron chi connectivity index (χ2n) is 7.76. The van der Waals surface area contributed by atoms with Crippen molar-refractivity contribution in [2.45, 2.75) is 57.0 Å². The van der Waals surface area contributed by atoms with Crippen LogP contribution in [-0.4, -0.2) is 79.0 Å². The third-order valence-corrected chi connectivity index (χ3v) is 6.21. The molecule has 2 aliphatic heterocycles. The highest BCUT2D eigenvalue weighted by atomic mass is 16.2. The van der Waals surface area contributed by atoms with Gasteiger partial charge in [-0.1, -0.05) is 6.42 Å². The van der Waals surface area contributed by atoms with Gasteiger partial charge in [-0.05, 0) is 45.6 Å². The van der Waals surface area contributed by atoms with Gasteiger partial charge in [0.05, 0.1) is 0 Å². The minimum absolute atomic E-state index is 0.0592. The van der Waals surface area contributed by atoms with Crippen molar-refractivity contribution in [3.8, 4) is 0 Å². The summed E-state index contributed by atoms with van der Waals surface area (Å²) in [6.45, 7) is 3.07. The molecular formula is C18H32N4O2. The number of urea groups is 1. The fourth-order valence-electron chi connectivity index (χ4n) is 4.19. The predicted molar refractivity (Wildman–Crippen MR) is 93.8 cm³/mol. The summed E-state index contributed by atoms with van der Waals surface area (Å²) in [4.78, 5) is 30.7. The number of hydrogen-bond donors (Lipinski definition) is 1. The third kappa shape index (κ3) is 3.85. The van der Waals surface area contributed by atoms with Crippen molar-refractivity contribution in [1.29, 1.82) is 0 Å². The van der Waals surface area contributed by atoms with E-state index in [-0.39, 0.29) is 17.9 Å². The Morgan fingerprint density at radius 2 is 1.88 bits per heavy atom. The number of nitrogens with zero attached hydrogens (tertiary/aromatic N) is 3. The van der Waals surface area contributed by atoms with E-state index >= 15 is 0 Å². The second-order valence-corrected chi connectivity index (χ2v) is 7.76. The average Bonchev–Trinajstić information content (AvgIpc) is 2.74. The standard InChI is InChI=1S/C18H32N4O2/c1-20(17(23)14-5-3-6-14)11-4-10-19-18(24)22-12-9-15-7-8-16(13-22)21(15)2/h14-16H,3-13H2,1-2H3,(H,19,24). The van der Waals surface area contributed by atoms with Crippen molar-refractivity contribution in [2.75, 3.05) is 40.3 Å². The van der Waals surface area contributed by atoms with Crippen molar-refractivity contribution >= 4 is 11.9 Å². The Morgan fingerprint density at radius 3 is 2.58 bits per heavy atom. The molecule has 1 aliphatic carbocycles. The van der Waals surface area contributed by atoms with E-state index in [0.29, 0.717) is 18.6 Å². The van der Waals surface area contributed by atoms with E-state index in [2.05, 4.69) is 17.3 Å². The summed E-state index contributed by atoms with van der Waals surface area (Å²) in [7, 11) is 4.07. The van der Waals surface area contributed by atoms with Gasteiger partial charge in [0.15, 0.2) is 0 Å². The Kier molecular flexibility index (Phi) is 5.64. The first-order chi connectivity index (χ1) is 11.6. The molecule has 0 spiro atoms. The minimum Gasteiger partial charge on any atom is -0.345 e. The van der Waals surface area contributed by atoms with Crippen molar-refractivity contribution < 1.29 is 9.59 Å². The lowest BCUT2D eigenvalue weighted by Crippen LogP contribution is -2.45. The average molecular weight is 336 g/mol.